The molecule has 2 heterocycles. The molecule has 0 bridgehead atoms. The molecule has 0 amide bonds. The first-order valence-corrected chi connectivity index (χ1v) is 10.7. The maximum Gasteiger partial charge on any atom is 0.279 e. The number of fused-ring (bicyclic) bond motifs is 1. The molecule has 0 fully saturated rings. The summed E-state index contributed by atoms with van der Waals surface area (Å²) >= 11 is 3.41. The zero-order valence-electron chi connectivity index (χ0n) is 16.1. The third-order valence-corrected chi connectivity index (χ3v) is 6.64. The molecule has 0 atom stereocenters. The molecule has 0 saturated carbocycles. The SMILES string of the molecule is C/C(=N\N(C)S(=O)(=O)c1cc([N+](=O)[O-])ccc1C)c1c(C)nc2ccc(Br)cn12. The lowest BCUT2D eigenvalue weighted by molar-refractivity contribution is -0.385. The Balaban J connectivity index is 2.07. The van der Waals surface area contributed by atoms with Crippen LogP contribution in [0.4, 0.5) is 5.69 Å². The molecule has 0 aliphatic rings. The van der Waals surface area contributed by atoms with Gasteiger partial charge in [-0.3, -0.25) is 14.5 Å². The van der Waals surface area contributed by atoms with Crippen molar-refractivity contribution in [2.45, 2.75) is 25.7 Å². The number of rotatable bonds is 5. The lowest BCUT2D eigenvalue weighted by Crippen LogP contribution is -2.24. The number of sulfonamides is 1. The van der Waals surface area contributed by atoms with Gasteiger partial charge in [0.2, 0.25) is 0 Å². The van der Waals surface area contributed by atoms with Crippen molar-refractivity contribution in [3.05, 3.63) is 68.1 Å². The fraction of sp³-hybridized carbons (Fsp3) is 0.222. The number of hydrogen-bond acceptors (Lipinski definition) is 6. The summed E-state index contributed by atoms with van der Waals surface area (Å²) in [6.45, 7) is 5.07. The quantitative estimate of drug-likeness (QED) is 0.315. The fourth-order valence-corrected chi connectivity index (χ4v) is 4.60. The minimum atomic E-state index is -4.08. The summed E-state index contributed by atoms with van der Waals surface area (Å²) < 4.78 is 29.5. The summed E-state index contributed by atoms with van der Waals surface area (Å²) in [5, 5.41) is 15.3. The Morgan fingerprint density at radius 1 is 1.28 bits per heavy atom. The number of nitrogens with zero attached hydrogens (tertiary/aromatic N) is 5. The number of nitro groups is 1. The number of imidazole rings is 1. The molecule has 0 unspecified atom stereocenters. The Morgan fingerprint density at radius 2 is 1.97 bits per heavy atom. The maximum absolute atomic E-state index is 13.0. The van der Waals surface area contributed by atoms with Crippen molar-refractivity contribution in [1.82, 2.24) is 13.8 Å². The number of non-ortho nitro benzene ring substituents is 1. The van der Waals surface area contributed by atoms with Crippen LogP contribution in [-0.4, -0.2) is 39.9 Å². The Bertz CT molecular complexity index is 1270. The first-order valence-electron chi connectivity index (χ1n) is 8.46. The minimum Gasteiger partial charge on any atom is -0.297 e. The molecule has 9 nitrogen and oxygen atoms in total. The highest BCUT2D eigenvalue weighted by Crippen LogP contribution is 2.25. The van der Waals surface area contributed by atoms with Gasteiger partial charge in [-0.25, -0.2) is 4.98 Å². The van der Waals surface area contributed by atoms with Gasteiger partial charge >= 0.3 is 0 Å². The second kappa shape index (κ2) is 7.56. The van der Waals surface area contributed by atoms with Crippen LogP contribution in [0.1, 0.15) is 23.9 Å². The second-order valence-corrected chi connectivity index (χ2v) is 9.29. The highest BCUT2D eigenvalue weighted by atomic mass is 79.9. The van der Waals surface area contributed by atoms with Crippen molar-refractivity contribution >= 4 is 43.0 Å². The highest BCUT2D eigenvalue weighted by molar-refractivity contribution is 9.10. The summed E-state index contributed by atoms with van der Waals surface area (Å²) in [6, 6.07) is 7.41. The summed E-state index contributed by atoms with van der Waals surface area (Å²) in [5.74, 6) is 0. The van der Waals surface area contributed by atoms with Crippen LogP contribution in [0, 0.1) is 24.0 Å². The van der Waals surface area contributed by atoms with Crippen molar-refractivity contribution in [3.63, 3.8) is 0 Å². The van der Waals surface area contributed by atoms with Gasteiger partial charge < -0.3 is 0 Å². The first-order chi connectivity index (χ1) is 13.5. The van der Waals surface area contributed by atoms with E-state index in [0.29, 0.717) is 28.3 Å². The van der Waals surface area contributed by atoms with E-state index in [9.17, 15) is 18.5 Å². The molecule has 29 heavy (non-hydrogen) atoms. The van der Waals surface area contributed by atoms with Gasteiger partial charge in [0, 0.05) is 29.8 Å². The third kappa shape index (κ3) is 3.87. The van der Waals surface area contributed by atoms with E-state index in [-0.39, 0.29) is 10.6 Å². The molecule has 0 radical (unpaired) electrons. The van der Waals surface area contributed by atoms with Crippen LogP contribution in [0.15, 0.2) is 51.0 Å². The number of benzene rings is 1. The van der Waals surface area contributed by atoms with Gasteiger partial charge in [-0.2, -0.15) is 17.9 Å². The Morgan fingerprint density at radius 3 is 2.62 bits per heavy atom. The summed E-state index contributed by atoms with van der Waals surface area (Å²) in [4.78, 5) is 14.7. The topological polar surface area (TPSA) is 110 Å². The Hall–Kier alpha value is -2.79. The van der Waals surface area contributed by atoms with Crippen molar-refractivity contribution < 1.29 is 13.3 Å². The highest BCUT2D eigenvalue weighted by Gasteiger charge is 2.25. The fourth-order valence-electron chi connectivity index (χ4n) is 3.01. The molecule has 0 N–H and O–H groups in total. The Labute approximate surface area is 176 Å². The third-order valence-electron chi connectivity index (χ3n) is 4.40. The van der Waals surface area contributed by atoms with E-state index >= 15 is 0 Å². The lowest BCUT2D eigenvalue weighted by atomic mass is 10.2. The molecule has 152 valence electrons. The van der Waals surface area contributed by atoms with Gasteiger partial charge in [0.15, 0.2) is 0 Å². The molecule has 3 aromatic rings. The van der Waals surface area contributed by atoms with Gasteiger partial charge in [0.1, 0.15) is 5.65 Å². The van der Waals surface area contributed by atoms with Crippen molar-refractivity contribution in [2.75, 3.05) is 7.05 Å². The predicted octanol–water partition coefficient (Wildman–Crippen LogP) is 3.67. The molecular formula is C18H18BrN5O4S. The van der Waals surface area contributed by atoms with Gasteiger partial charge in [0.25, 0.3) is 15.7 Å². The van der Waals surface area contributed by atoms with Gasteiger partial charge in [-0.1, -0.05) is 6.07 Å². The largest absolute Gasteiger partial charge is 0.297 e. The standard InChI is InChI=1S/C18H18BrN5O4S/c1-11-5-7-15(24(25)26)9-16(11)29(27,28)22(4)21-13(3)18-12(2)20-17-8-6-14(19)10-23(17)18/h5-10H,1-4H3/b21-13+. The minimum absolute atomic E-state index is 0.164. The van der Waals surface area contributed by atoms with Crippen LogP contribution in [0.25, 0.3) is 5.65 Å². The summed E-state index contributed by atoms with van der Waals surface area (Å²) in [5.41, 5.74) is 2.59. The van der Waals surface area contributed by atoms with E-state index in [1.165, 1.54) is 19.2 Å². The van der Waals surface area contributed by atoms with Crippen LogP contribution < -0.4 is 0 Å². The van der Waals surface area contributed by atoms with E-state index in [1.54, 1.807) is 13.8 Å². The molecule has 3 rings (SSSR count). The van der Waals surface area contributed by atoms with Gasteiger partial charge in [0.05, 0.1) is 26.9 Å². The van der Waals surface area contributed by atoms with Crippen molar-refractivity contribution in [3.8, 4) is 0 Å². The Kier molecular flexibility index (Phi) is 5.46. The number of pyridine rings is 1. The van der Waals surface area contributed by atoms with E-state index in [0.717, 1.165) is 15.0 Å². The van der Waals surface area contributed by atoms with Gasteiger partial charge in [-0.15, -0.1) is 0 Å². The van der Waals surface area contributed by atoms with E-state index in [1.807, 2.05) is 29.7 Å². The number of nitro benzene ring substituents is 1. The maximum atomic E-state index is 13.0. The molecule has 0 aliphatic carbocycles. The molecule has 0 aliphatic heterocycles. The van der Waals surface area contributed by atoms with Crippen LogP contribution in [0.2, 0.25) is 0 Å². The molecule has 2 aromatic heterocycles. The van der Waals surface area contributed by atoms with Crippen LogP contribution in [-0.2, 0) is 10.0 Å². The zero-order valence-corrected chi connectivity index (χ0v) is 18.5. The monoisotopic (exact) mass is 479 g/mol. The summed E-state index contributed by atoms with van der Waals surface area (Å²) in [7, 11) is -2.79. The molecule has 0 saturated heterocycles. The number of halogens is 1. The normalized spacial score (nSPS) is 12.4. The van der Waals surface area contributed by atoms with Crippen LogP contribution in [0.5, 0.6) is 0 Å². The molecule has 1 aromatic carbocycles. The van der Waals surface area contributed by atoms with Crippen LogP contribution in [0.3, 0.4) is 0 Å². The van der Waals surface area contributed by atoms with E-state index in [4.69, 9.17) is 0 Å². The van der Waals surface area contributed by atoms with Crippen molar-refractivity contribution in [1.29, 1.82) is 0 Å². The number of aryl methyl sites for hydroxylation is 2. The molecule has 11 heteroatoms. The lowest BCUT2D eigenvalue weighted by Gasteiger charge is -2.16. The average Bonchev–Trinajstić information content (AvgIpc) is 2.96. The number of hydrogen-bond donors (Lipinski definition) is 0. The van der Waals surface area contributed by atoms with E-state index < -0.39 is 14.9 Å². The average molecular weight is 480 g/mol. The second-order valence-electron chi connectivity index (χ2n) is 6.45. The smallest absolute Gasteiger partial charge is 0.279 e. The van der Waals surface area contributed by atoms with E-state index in [2.05, 4.69) is 26.0 Å². The van der Waals surface area contributed by atoms with Crippen LogP contribution >= 0.6 is 15.9 Å². The summed E-state index contributed by atoms with van der Waals surface area (Å²) in [6.07, 6.45) is 1.82. The number of hydrazone groups is 1. The first kappa shape index (κ1) is 20.9. The number of aromatic nitrogens is 2. The predicted molar refractivity (Wildman–Crippen MR) is 113 cm³/mol. The zero-order chi connectivity index (χ0) is 21.5. The van der Waals surface area contributed by atoms with Gasteiger partial charge in [-0.05, 0) is 54.4 Å². The molecule has 0 spiro atoms. The molecular weight excluding hydrogens is 462 g/mol. The van der Waals surface area contributed by atoms with Crippen molar-refractivity contribution in [2.24, 2.45) is 5.10 Å².